The summed E-state index contributed by atoms with van der Waals surface area (Å²) in [6, 6.07) is 3.49. The van der Waals surface area contributed by atoms with Crippen LogP contribution in [0, 0.1) is 11.6 Å². The molecule has 0 fully saturated rings. The molecule has 0 amide bonds. The van der Waals surface area contributed by atoms with Crippen LogP contribution in [-0.4, -0.2) is 22.4 Å². The van der Waals surface area contributed by atoms with Gasteiger partial charge in [-0.2, -0.15) is 0 Å². The zero-order valence-corrected chi connectivity index (χ0v) is 7.74. The van der Waals surface area contributed by atoms with Gasteiger partial charge in [-0.15, -0.1) is 0 Å². The monoisotopic (exact) mass is 202 g/mol. The third-order valence-corrected chi connectivity index (χ3v) is 2.03. The maximum absolute atomic E-state index is 13.0. The van der Waals surface area contributed by atoms with Crippen molar-refractivity contribution in [3.05, 3.63) is 35.4 Å². The molecule has 0 aromatic heterocycles. The second-order valence-electron chi connectivity index (χ2n) is 3.21. The van der Waals surface area contributed by atoms with Gasteiger partial charge in [-0.25, -0.2) is 8.78 Å². The molecule has 2 atom stereocenters. The van der Waals surface area contributed by atoms with E-state index in [2.05, 4.69) is 0 Å². The Labute approximate surface area is 80.8 Å². The van der Waals surface area contributed by atoms with Crippen molar-refractivity contribution in [1.82, 2.24) is 0 Å². The van der Waals surface area contributed by atoms with Crippen molar-refractivity contribution >= 4 is 0 Å². The molecule has 0 aliphatic rings. The summed E-state index contributed by atoms with van der Waals surface area (Å²) in [5.74, 6) is -1.41. The first-order chi connectivity index (χ1) is 6.52. The van der Waals surface area contributed by atoms with Crippen molar-refractivity contribution in [2.24, 2.45) is 0 Å². The first kappa shape index (κ1) is 11.1. The summed E-state index contributed by atoms with van der Waals surface area (Å²) in [4.78, 5) is 0. The van der Waals surface area contributed by atoms with Gasteiger partial charge in [-0.3, -0.25) is 0 Å². The average molecular weight is 202 g/mol. The molecule has 0 saturated carbocycles. The standard InChI is InChI=1S/C10H12F2O2/c1-6(13)10(14)5-7-8(11)3-2-4-9(7)12/h2-4,6,10,13-14H,5H2,1H3. The molecule has 1 rings (SSSR count). The van der Waals surface area contributed by atoms with Crippen LogP contribution in [0.1, 0.15) is 12.5 Å². The van der Waals surface area contributed by atoms with E-state index in [1.807, 2.05) is 0 Å². The van der Waals surface area contributed by atoms with Gasteiger partial charge in [0.25, 0.3) is 0 Å². The molecule has 14 heavy (non-hydrogen) atoms. The van der Waals surface area contributed by atoms with Crippen molar-refractivity contribution in [3.63, 3.8) is 0 Å². The highest BCUT2D eigenvalue weighted by molar-refractivity contribution is 5.20. The topological polar surface area (TPSA) is 40.5 Å². The van der Waals surface area contributed by atoms with Gasteiger partial charge in [-0.05, 0) is 19.1 Å². The molecule has 2 unspecified atom stereocenters. The van der Waals surface area contributed by atoms with Gasteiger partial charge in [0.2, 0.25) is 0 Å². The fourth-order valence-electron chi connectivity index (χ4n) is 1.11. The second kappa shape index (κ2) is 4.48. The molecule has 78 valence electrons. The maximum Gasteiger partial charge on any atom is 0.129 e. The molecule has 1 aromatic carbocycles. The maximum atomic E-state index is 13.0. The number of benzene rings is 1. The van der Waals surface area contributed by atoms with Crippen LogP contribution < -0.4 is 0 Å². The van der Waals surface area contributed by atoms with Crippen LogP contribution in [-0.2, 0) is 6.42 Å². The van der Waals surface area contributed by atoms with Crippen molar-refractivity contribution in [1.29, 1.82) is 0 Å². The minimum absolute atomic E-state index is 0.194. The van der Waals surface area contributed by atoms with E-state index in [0.717, 1.165) is 12.1 Å². The summed E-state index contributed by atoms with van der Waals surface area (Å²) in [6.07, 6.45) is -2.38. The van der Waals surface area contributed by atoms with Crippen molar-refractivity contribution in [2.45, 2.75) is 25.6 Å². The number of aliphatic hydroxyl groups excluding tert-OH is 2. The van der Waals surface area contributed by atoms with E-state index in [9.17, 15) is 13.9 Å². The Morgan fingerprint density at radius 3 is 2.14 bits per heavy atom. The molecular formula is C10H12F2O2. The molecule has 2 nitrogen and oxygen atoms in total. The minimum atomic E-state index is -1.15. The van der Waals surface area contributed by atoms with Crippen LogP contribution in [0.15, 0.2) is 18.2 Å². The number of halogens is 2. The van der Waals surface area contributed by atoms with Crippen LogP contribution in [0.4, 0.5) is 8.78 Å². The summed E-state index contributed by atoms with van der Waals surface area (Å²) < 4.78 is 26.1. The molecule has 0 heterocycles. The molecule has 1 aromatic rings. The minimum Gasteiger partial charge on any atom is -0.391 e. The zero-order chi connectivity index (χ0) is 10.7. The second-order valence-corrected chi connectivity index (χ2v) is 3.21. The fourth-order valence-corrected chi connectivity index (χ4v) is 1.11. The van der Waals surface area contributed by atoms with E-state index >= 15 is 0 Å². The molecule has 0 aliphatic carbocycles. The summed E-state index contributed by atoms with van der Waals surface area (Å²) >= 11 is 0. The van der Waals surface area contributed by atoms with Gasteiger partial charge in [0.15, 0.2) is 0 Å². The Hall–Kier alpha value is -1.00. The Morgan fingerprint density at radius 1 is 1.21 bits per heavy atom. The molecular weight excluding hydrogens is 190 g/mol. The molecule has 0 aliphatic heterocycles. The van der Waals surface area contributed by atoms with Gasteiger partial charge in [0.05, 0.1) is 12.2 Å². The SMILES string of the molecule is CC(O)C(O)Cc1c(F)cccc1F. The van der Waals surface area contributed by atoms with Gasteiger partial charge >= 0.3 is 0 Å². The predicted octanol–water partition coefficient (Wildman–Crippen LogP) is 1.25. The normalized spacial score (nSPS) is 15.2. The summed E-state index contributed by atoms with van der Waals surface area (Å²) in [5, 5.41) is 18.2. The lowest BCUT2D eigenvalue weighted by Gasteiger charge is -2.14. The number of aliphatic hydroxyl groups is 2. The van der Waals surface area contributed by atoms with Gasteiger partial charge in [0, 0.05) is 12.0 Å². The van der Waals surface area contributed by atoms with E-state index in [1.165, 1.54) is 13.0 Å². The first-order valence-electron chi connectivity index (χ1n) is 4.31. The Bertz CT molecular complexity index is 293. The highest BCUT2D eigenvalue weighted by Crippen LogP contribution is 2.15. The number of rotatable bonds is 3. The lowest BCUT2D eigenvalue weighted by molar-refractivity contribution is 0.0309. The molecule has 0 bridgehead atoms. The molecule has 0 saturated heterocycles. The number of hydrogen-bond acceptors (Lipinski definition) is 2. The van der Waals surface area contributed by atoms with E-state index in [-0.39, 0.29) is 12.0 Å². The molecule has 0 radical (unpaired) electrons. The Kier molecular flexibility index (Phi) is 3.55. The van der Waals surface area contributed by atoms with Crippen LogP contribution in [0.2, 0.25) is 0 Å². The van der Waals surface area contributed by atoms with Gasteiger partial charge in [-0.1, -0.05) is 6.07 Å². The zero-order valence-electron chi connectivity index (χ0n) is 7.74. The summed E-state index contributed by atoms with van der Waals surface area (Å²) in [7, 11) is 0. The van der Waals surface area contributed by atoms with E-state index in [0.29, 0.717) is 0 Å². The van der Waals surface area contributed by atoms with Crippen molar-refractivity contribution < 1.29 is 19.0 Å². The summed E-state index contributed by atoms with van der Waals surface area (Å²) in [5.41, 5.74) is -0.194. The summed E-state index contributed by atoms with van der Waals surface area (Å²) in [6.45, 7) is 1.36. The molecule has 4 heteroatoms. The van der Waals surface area contributed by atoms with E-state index in [1.54, 1.807) is 0 Å². The smallest absolute Gasteiger partial charge is 0.129 e. The largest absolute Gasteiger partial charge is 0.391 e. The van der Waals surface area contributed by atoms with E-state index in [4.69, 9.17) is 5.11 Å². The number of hydrogen-bond donors (Lipinski definition) is 2. The third-order valence-electron chi connectivity index (χ3n) is 2.03. The van der Waals surface area contributed by atoms with Crippen LogP contribution in [0.5, 0.6) is 0 Å². The molecule has 0 spiro atoms. The van der Waals surface area contributed by atoms with Gasteiger partial charge < -0.3 is 10.2 Å². The Morgan fingerprint density at radius 2 is 1.71 bits per heavy atom. The highest BCUT2D eigenvalue weighted by atomic mass is 19.1. The Balaban J connectivity index is 2.85. The van der Waals surface area contributed by atoms with Crippen molar-refractivity contribution in [3.8, 4) is 0 Å². The quantitative estimate of drug-likeness (QED) is 0.774. The lowest BCUT2D eigenvalue weighted by Crippen LogP contribution is -2.25. The van der Waals surface area contributed by atoms with Crippen molar-refractivity contribution in [2.75, 3.05) is 0 Å². The predicted molar refractivity (Wildman–Crippen MR) is 47.7 cm³/mol. The average Bonchev–Trinajstić information content (AvgIpc) is 2.11. The van der Waals surface area contributed by atoms with E-state index < -0.39 is 23.8 Å². The molecule has 2 N–H and O–H groups in total. The fraction of sp³-hybridized carbons (Fsp3) is 0.400. The third kappa shape index (κ3) is 2.49. The van der Waals surface area contributed by atoms with Gasteiger partial charge in [0.1, 0.15) is 11.6 Å². The van der Waals surface area contributed by atoms with Crippen LogP contribution in [0.25, 0.3) is 0 Å². The highest BCUT2D eigenvalue weighted by Gasteiger charge is 2.16. The lowest BCUT2D eigenvalue weighted by atomic mass is 10.0. The van der Waals surface area contributed by atoms with Crippen LogP contribution >= 0.6 is 0 Å². The van der Waals surface area contributed by atoms with Crippen LogP contribution in [0.3, 0.4) is 0 Å². The first-order valence-corrected chi connectivity index (χ1v) is 4.31.